The van der Waals surface area contributed by atoms with Crippen LogP contribution in [0.3, 0.4) is 0 Å². The first-order valence-corrected chi connectivity index (χ1v) is 9.56. The van der Waals surface area contributed by atoms with Crippen LogP contribution in [0.5, 0.6) is 17.2 Å². The molecular weight excluding hydrogens is 366 g/mol. The molecule has 1 amide bonds. The van der Waals surface area contributed by atoms with Crippen molar-refractivity contribution in [3.05, 3.63) is 52.0 Å². The highest BCUT2D eigenvalue weighted by atomic mass is 35.5. The molecule has 0 saturated heterocycles. The topological polar surface area (TPSA) is 48.0 Å². The third-order valence-electron chi connectivity index (χ3n) is 5.07. The number of halogens is 1. The molecule has 6 heteroatoms. The fraction of sp³-hybridized carbons (Fsp3) is 0.381. The first kappa shape index (κ1) is 18.0. The zero-order valence-electron chi connectivity index (χ0n) is 15.5. The van der Waals surface area contributed by atoms with E-state index in [2.05, 4.69) is 0 Å². The van der Waals surface area contributed by atoms with E-state index in [1.54, 1.807) is 6.07 Å². The second-order valence-electron chi connectivity index (χ2n) is 6.91. The number of fused-ring (bicyclic) bond motifs is 2. The summed E-state index contributed by atoms with van der Waals surface area (Å²) in [5.74, 6) is 2.25. The Bertz CT molecular complexity index is 883. The Morgan fingerprint density at radius 1 is 1.22 bits per heavy atom. The Labute approximate surface area is 163 Å². The Kier molecular flexibility index (Phi) is 4.87. The van der Waals surface area contributed by atoms with Gasteiger partial charge < -0.3 is 19.1 Å². The highest BCUT2D eigenvalue weighted by Crippen LogP contribution is 2.37. The maximum atomic E-state index is 13.1. The van der Waals surface area contributed by atoms with Gasteiger partial charge in [0.1, 0.15) is 5.75 Å². The van der Waals surface area contributed by atoms with Gasteiger partial charge >= 0.3 is 0 Å². The van der Waals surface area contributed by atoms with E-state index < -0.39 is 6.10 Å². The lowest BCUT2D eigenvalue weighted by Crippen LogP contribution is -2.44. The smallest absolute Gasteiger partial charge is 0.263 e. The molecule has 2 aromatic carbocycles. The number of benzene rings is 2. The normalized spacial score (nSPS) is 16.0. The lowest BCUT2D eigenvalue weighted by Gasteiger charge is -2.32. The van der Waals surface area contributed by atoms with Gasteiger partial charge in [0.15, 0.2) is 17.6 Å². The second-order valence-corrected chi connectivity index (χ2v) is 7.34. The van der Waals surface area contributed by atoms with Crippen molar-refractivity contribution in [3.63, 3.8) is 0 Å². The summed E-state index contributed by atoms with van der Waals surface area (Å²) in [6.07, 6.45) is 0.889. The molecule has 0 aromatic heterocycles. The molecule has 0 radical (unpaired) electrons. The van der Waals surface area contributed by atoms with Crippen molar-refractivity contribution < 1.29 is 19.0 Å². The molecule has 2 aliphatic heterocycles. The molecule has 2 aliphatic rings. The quantitative estimate of drug-likeness (QED) is 0.791. The SMILES string of the molecule is CCC(Oc1ccc(Cl)cc1C)C(=O)N1CCc2cc3c(cc2C1)OCO3. The number of hydrogen-bond donors (Lipinski definition) is 0. The van der Waals surface area contributed by atoms with Gasteiger partial charge in [-0.3, -0.25) is 4.79 Å². The Morgan fingerprint density at radius 2 is 1.96 bits per heavy atom. The van der Waals surface area contributed by atoms with Gasteiger partial charge in [0.25, 0.3) is 5.91 Å². The number of carbonyl (C=O) groups excluding carboxylic acids is 1. The number of rotatable bonds is 4. The molecule has 0 N–H and O–H groups in total. The van der Waals surface area contributed by atoms with Crippen molar-refractivity contribution >= 4 is 17.5 Å². The highest BCUT2D eigenvalue weighted by Gasteiger charge is 2.29. The molecule has 0 saturated carbocycles. The van der Waals surface area contributed by atoms with Gasteiger partial charge in [-0.05, 0) is 66.8 Å². The van der Waals surface area contributed by atoms with Crippen molar-refractivity contribution in [2.75, 3.05) is 13.3 Å². The zero-order chi connectivity index (χ0) is 19.0. The molecule has 0 bridgehead atoms. The lowest BCUT2D eigenvalue weighted by molar-refractivity contribution is -0.139. The maximum Gasteiger partial charge on any atom is 0.263 e. The maximum absolute atomic E-state index is 13.1. The van der Waals surface area contributed by atoms with Crippen molar-refractivity contribution in [1.82, 2.24) is 4.90 Å². The lowest BCUT2D eigenvalue weighted by atomic mass is 9.98. The van der Waals surface area contributed by atoms with Crippen LogP contribution in [0.15, 0.2) is 30.3 Å². The van der Waals surface area contributed by atoms with E-state index in [9.17, 15) is 4.79 Å². The van der Waals surface area contributed by atoms with Gasteiger partial charge in [0.2, 0.25) is 6.79 Å². The van der Waals surface area contributed by atoms with Gasteiger partial charge in [0.05, 0.1) is 0 Å². The van der Waals surface area contributed by atoms with E-state index in [4.69, 9.17) is 25.8 Å². The first-order valence-electron chi connectivity index (χ1n) is 9.18. The summed E-state index contributed by atoms with van der Waals surface area (Å²) in [5.41, 5.74) is 3.24. The molecule has 0 fully saturated rings. The third kappa shape index (κ3) is 3.56. The van der Waals surface area contributed by atoms with Crippen LogP contribution in [0.4, 0.5) is 0 Å². The van der Waals surface area contributed by atoms with Gasteiger partial charge in [-0.15, -0.1) is 0 Å². The molecule has 2 aromatic rings. The third-order valence-corrected chi connectivity index (χ3v) is 5.31. The monoisotopic (exact) mass is 387 g/mol. The molecule has 0 aliphatic carbocycles. The van der Waals surface area contributed by atoms with Crippen LogP contribution in [-0.2, 0) is 17.8 Å². The van der Waals surface area contributed by atoms with Crippen molar-refractivity contribution in [2.45, 2.75) is 39.3 Å². The minimum absolute atomic E-state index is 0.00941. The molecular formula is C21H22ClNO4. The molecule has 142 valence electrons. The first-order chi connectivity index (χ1) is 13.0. The Hall–Kier alpha value is -2.40. The van der Waals surface area contributed by atoms with Gasteiger partial charge in [-0.2, -0.15) is 0 Å². The molecule has 0 spiro atoms. The van der Waals surface area contributed by atoms with E-state index >= 15 is 0 Å². The summed E-state index contributed by atoms with van der Waals surface area (Å²) >= 11 is 6.01. The minimum atomic E-state index is -0.513. The molecule has 1 unspecified atom stereocenters. The number of carbonyl (C=O) groups is 1. The van der Waals surface area contributed by atoms with Crippen LogP contribution < -0.4 is 14.2 Å². The molecule has 27 heavy (non-hydrogen) atoms. The fourth-order valence-corrected chi connectivity index (χ4v) is 3.77. The van der Waals surface area contributed by atoms with Crippen molar-refractivity contribution in [1.29, 1.82) is 0 Å². The fourth-order valence-electron chi connectivity index (χ4n) is 3.54. The Morgan fingerprint density at radius 3 is 2.67 bits per heavy atom. The number of nitrogens with zero attached hydrogens (tertiary/aromatic N) is 1. The standard InChI is InChI=1S/C21H22ClNO4/c1-3-17(27-18-5-4-16(22)8-13(18)2)21(24)23-7-6-14-9-19-20(26-12-25-19)10-15(14)11-23/h4-5,8-10,17H,3,6-7,11-12H2,1-2H3. The van der Waals surface area contributed by atoms with Crippen LogP contribution in [-0.4, -0.2) is 30.2 Å². The predicted octanol–water partition coefficient (Wildman–Crippen LogP) is 4.12. The summed E-state index contributed by atoms with van der Waals surface area (Å²) in [4.78, 5) is 14.9. The number of hydrogen-bond acceptors (Lipinski definition) is 4. The average Bonchev–Trinajstić information content (AvgIpc) is 3.12. The van der Waals surface area contributed by atoms with Gasteiger partial charge in [0, 0.05) is 18.1 Å². The van der Waals surface area contributed by atoms with E-state index in [0.717, 1.165) is 29.0 Å². The molecule has 4 rings (SSSR count). The summed E-state index contributed by atoms with van der Waals surface area (Å²) in [6, 6.07) is 9.46. The molecule has 2 heterocycles. The summed E-state index contributed by atoms with van der Waals surface area (Å²) in [7, 11) is 0. The minimum Gasteiger partial charge on any atom is -0.480 e. The van der Waals surface area contributed by atoms with Gasteiger partial charge in [-0.25, -0.2) is 0 Å². The van der Waals surface area contributed by atoms with E-state index in [-0.39, 0.29) is 12.7 Å². The van der Waals surface area contributed by atoms with Crippen molar-refractivity contribution in [3.8, 4) is 17.2 Å². The summed E-state index contributed by atoms with van der Waals surface area (Å²) in [6.45, 7) is 5.38. The van der Waals surface area contributed by atoms with Crippen LogP contribution in [0.1, 0.15) is 30.0 Å². The van der Waals surface area contributed by atoms with E-state index in [1.807, 2.05) is 43.0 Å². The van der Waals surface area contributed by atoms with Crippen molar-refractivity contribution in [2.24, 2.45) is 0 Å². The van der Waals surface area contributed by atoms with Gasteiger partial charge in [-0.1, -0.05) is 18.5 Å². The summed E-state index contributed by atoms with van der Waals surface area (Å²) < 4.78 is 16.9. The predicted molar refractivity (Wildman–Crippen MR) is 103 cm³/mol. The van der Waals surface area contributed by atoms with Crippen LogP contribution >= 0.6 is 11.6 Å². The van der Waals surface area contributed by atoms with Crippen LogP contribution in [0.25, 0.3) is 0 Å². The van der Waals surface area contributed by atoms with E-state index in [1.165, 1.54) is 5.56 Å². The van der Waals surface area contributed by atoms with Crippen LogP contribution in [0.2, 0.25) is 5.02 Å². The number of amides is 1. The average molecular weight is 388 g/mol. The van der Waals surface area contributed by atoms with E-state index in [0.29, 0.717) is 30.3 Å². The van der Waals surface area contributed by atoms with Crippen LogP contribution in [0, 0.1) is 6.92 Å². The summed E-state index contributed by atoms with van der Waals surface area (Å²) in [5, 5.41) is 0.658. The number of aryl methyl sites for hydroxylation is 1. The second kappa shape index (κ2) is 7.31. The highest BCUT2D eigenvalue weighted by molar-refractivity contribution is 6.30. The Balaban J connectivity index is 1.50. The molecule has 5 nitrogen and oxygen atoms in total. The number of ether oxygens (including phenoxy) is 3. The zero-order valence-corrected chi connectivity index (χ0v) is 16.2. The molecule has 1 atom stereocenters. The largest absolute Gasteiger partial charge is 0.480 e.